The predicted molar refractivity (Wildman–Crippen MR) is 114 cm³/mol. The van der Waals surface area contributed by atoms with Gasteiger partial charge in [0.05, 0.1) is 12.7 Å². The van der Waals surface area contributed by atoms with Crippen LogP contribution in [0.25, 0.3) is 11.0 Å². The minimum Gasteiger partial charge on any atom is -0.422 e. The van der Waals surface area contributed by atoms with Gasteiger partial charge >= 0.3 is 5.63 Å². The molecule has 0 aliphatic carbocycles. The van der Waals surface area contributed by atoms with Crippen LogP contribution in [0.15, 0.2) is 56.6 Å². The van der Waals surface area contributed by atoms with Crippen molar-refractivity contribution < 1.29 is 14.1 Å². The number of carbonyl (C=O) groups excluding carboxylic acids is 1. The van der Waals surface area contributed by atoms with E-state index in [1.165, 1.54) is 6.07 Å². The number of likely N-dealkylation sites (N-methyl/N-ethyl adjacent to an activating group) is 1. The molecule has 0 aliphatic heterocycles. The van der Waals surface area contributed by atoms with E-state index in [9.17, 15) is 9.59 Å². The number of rotatable bonds is 6. The average molecular weight is 398 g/mol. The van der Waals surface area contributed by atoms with Crippen LogP contribution in [0, 0.1) is 13.8 Å². The first-order valence-electron chi connectivity index (χ1n) is 9.16. The molecule has 0 saturated carbocycles. The van der Waals surface area contributed by atoms with Gasteiger partial charge in [0.1, 0.15) is 12.1 Å². The number of hydrogen-bond donors (Lipinski definition) is 2. The van der Waals surface area contributed by atoms with E-state index in [-0.39, 0.29) is 11.5 Å². The van der Waals surface area contributed by atoms with E-state index < -0.39 is 0 Å². The highest BCUT2D eigenvalue weighted by molar-refractivity contribution is 7.98. The molecule has 146 valence electrons. The normalized spacial score (nSPS) is 12.1. The Balaban J connectivity index is 1.76. The topological polar surface area (TPSA) is 63.8 Å². The van der Waals surface area contributed by atoms with E-state index in [1.807, 2.05) is 63.5 Å². The van der Waals surface area contributed by atoms with Crippen molar-refractivity contribution in [1.29, 1.82) is 0 Å². The molecular formula is C22H25N2O3S+. The first kappa shape index (κ1) is 20.2. The second kappa shape index (κ2) is 8.63. The number of carbonyl (C=O) groups is 1. The Morgan fingerprint density at radius 2 is 1.93 bits per heavy atom. The van der Waals surface area contributed by atoms with Crippen molar-refractivity contribution in [3.8, 4) is 0 Å². The summed E-state index contributed by atoms with van der Waals surface area (Å²) in [4.78, 5) is 26.5. The van der Waals surface area contributed by atoms with Gasteiger partial charge in [-0.15, -0.1) is 11.8 Å². The standard InChI is InChI=1S/C22H24N2O3S/c1-14-9-10-17-16(11-21(26)27-22(17)15(14)2)12-24(3)13-20(25)23-18-7-5-6-8-19(18)28-4/h5-11H,12-13H2,1-4H3,(H,23,25)/p+1. The third kappa shape index (κ3) is 4.46. The summed E-state index contributed by atoms with van der Waals surface area (Å²) in [7, 11) is 1.95. The van der Waals surface area contributed by atoms with E-state index in [2.05, 4.69) is 5.32 Å². The Kier molecular flexibility index (Phi) is 6.21. The fourth-order valence-electron chi connectivity index (χ4n) is 3.27. The molecule has 0 spiro atoms. The lowest BCUT2D eigenvalue weighted by Gasteiger charge is -2.16. The first-order valence-corrected chi connectivity index (χ1v) is 10.4. The fraction of sp³-hybridized carbons (Fsp3) is 0.273. The minimum atomic E-state index is -0.359. The summed E-state index contributed by atoms with van der Waals surface area (Å²) in [5.41, 5.74) is 4.05. The molecule has 2 N–H and O–H groups in total. The molecule has 6 heteroatoms. The van der Waals surface area contributed by atoms with Crippen molar-refractivity contribution in [2.45, 2.75) is 25.3 Å². The molecule has 28 heavy (non-hydrogen) atoms. The second-order valence-corrected chi connectivity index (χ2v) is 7.88. The number of anilines is 1. The summed E-state index contributed by atoms with van der Waals surface area (Å²) in [5.74, 6) is -0.0571. The SMILES string of the molecule is CSc1ccccc1NC(=O)C[NH+](C)Cc1cc(=O)oc2c(C)c(C)ccc12. The van der Waals surface area contributed by atoms with Crippen LogP contribution in [0.1, 0.15) is 16.7 Å². The molecule has 1 heterocycles. The Bertz CT molecular complexity index is 1080. The lowest BCUT2D eigenvalue weighted by Crippen LogP contribution is -3.08. The molecule has 0 fully saturated rings. The van der Waals surface area contributed by atoms with E-state index in [4.69, 9.17) is 4.42 Å². The molecule has 1 atom stereocenters. The summed E-state index contributed by atoms with van der Waals surface area (Å²) < 4.78 is 5.43. The van der Waals surface area contributed by atoms with Crippen LogP contribution < -0.4 is 15.8 Å². The highest BCUT2D eigenvalue weighted by atomic mass is 32.2. The maximum Gasteiger partial charge on any atom is 0.336 e. The predicted octanol–water partition coefficient (Wildman–Crippen LogP) is 2.79. The van der Waals surface area contributed by atoms with E-state index in [1.54, 1.807) is 11.8 Å². The Labute approximate surface area is 168 Å². The number of fused-ring (bicyclic) bond motifs is 1. The van der Waals surface area contributed by atoms with Gasteiger partial charge in [-0.05, 0) is 43.4 Å². The lowest BCUT2D eigenvalue weighted by molar-refractivity contribution is -0.885. The van der Waals surface area contributed by atoms with Crippen molar-refractivity contribution >= 4 is 34.3 Å². The zero-order chi connectivity index (χ0) is 20.3. The van der Waals surface area contributed by atoms with Gasteiger partial charge in [0, 0.05) is 21.9 Å². The smallest absolute Gasteiger partial charge is 0.336 e. The second-order valence-electron chi connectivity index (χ2n) is 7.03. The van der Waals surface area contributed by atoms with Gasteiger partial charge in [-0.3, -0.25) is 4.79 Å². The summed E-state index contributed by atoms with van der Waals surface area (Å²) in [6, 6.07) is 13.3. The van der Waals surface area contributed by atoms with Gasteiger partial charge in [0.2, 0.25) is 0 Å². The summed E-state index contributed by atoms with van der Waals surface area (Å²) in [6.07, 6.45) is 1.98. The molecule has 0 saturated heterocycles. The largest absolute Gasteiger partial charge is 0.422 e. The zero-order valence-corrected chi connectivity index (χ0v) is 17.4. The molecule has 3 aromatic rings. The lowest BCUT2D eigenvalue weighted by atomic mass is 10.0. The Morgan fingerprint density at radius 1 is 1.18 bits per heavy atom. The maximum absolute atomic E-state index is 12.5. The molecule has 0 aliphatic rings. The van der Waals surface area contributed by atoms with Crippen molar-refractivity contribution in [1.82, 2.24) is 0 Å². The van der Waals surface area contributed by atoms with Crippen LogP contribution in [0.2, 0.25) is 0 Å². The highest BCUT2D eigenvalue weighted by Gasteiger charge is 2.16. The quantitative estimate of drug-likeness (QED) is 0.496. The first-order chi connectivity index (χ1) is 13.4. The van der Waals surface area contributed by atoms with E-state index in [0.29, 0.717) is 18.7 Å². The molecule has 1 amide bonds. The van der Waals surface area contributed by atoms with Crippen LogP contribution in [0.4, 0.5) is 5.69 Å². The van der Waals surface area contributed by atoms with Gasteiger partial charge in [-0.25, -0.2) is 4.79 Å². The van der Waals surface area contributed by atoms with Crippen LogP contribution in [-0.2, 0) is 11.3 Å². The summed E-state index contributed by atoms with van der Waals surface area (Å²) >= 11 is 1.60. The van der Waals surface area contributed by atoms with Crippen LogP contribution in [0.3, 0.4) is 0 Å². The zero-order valence-electron chi connectivity index (χ0n) is 16.6. The number of quaternary nitrogens is 1. The number of nitrogens with one attached hydrogen (secondary N) is 2. The van der Waals surface area contributed by atoms with Crippen molar-refractivity contribution in [3.63, 3.8) is 0 Å². The van der Waals surface area contributed by atoms with E-state index in [0.717, 1.165) is 37.6 Å². The molecular weight excluding hydrogens is 372 g/mol. The minimum absolute atomic E-state index is 0.0571. The van der Waals surface area contributed by atoms with E-state index >= 15 is 0 Å². The number of amides is 1. The number of benzene rings is 2. The van der Waals surface area contributed by atoms with Crippen LogP contribution in [0.5, 0.6) is 0 Å². The van der Waals surface area contributed by atoms with Crippen molar-refractivity contribution in [3.05, 3.63) is 69.6 Å². The molecule has 1 aromatic heterocycles. The fourth-order valence-corrected chi connectivity index (χ4v) is 3.83. The summed E-state index contributed by atoms with van der Waals surface area (Å²) in [5, 5.41) is 3.91. The van der Waals surface area contributed by atoms with Crippen molar-refractivity contribution in [2.75, 3.05) is 25.2 Å². The number of thioether (sulfide) groups is 1. The third-order valence-corrected chi connectivity index (χ3v) is 5.65. The van der Waals surface area contributed by atoms with Gasteiger partial charge in [0.15, 0.2) is 6.54 Å². The van der Waals surface area contributed by atoms with Gasteiger partial charge in [-0.1, -0.05) is 24.3 Å². The molecule has 0 bridgehead atoms. The number of para-hydroxylation sites is 1. The summed E-state index contributed by atoms with van der Waals surface area (Å²) in [6.45, 7) is 4.81. The number of aryl methyl sites for hydroxylation is 2. The van der Waals surface area contributed by atoms with Crippen molar-refractivity contribution in [2.24, 2.45) is 0 Å². The third-order valence-electron chi connectivity index (χ3n) is 4.85. The maximum atomic E-state index is 12.5. The molecule has 5 nitrogen and oxygen atoms in total. The molecule has 2 aromatic carbocycles. The molecule has 0 radical (unpaired) electrons. The molecule has 3 rings (SSSR count). The number of hydrogen-bond acceptors (Lipinski definition) is 4. The van der Waals surface area contributed by atoms with Gasteiger partial charge in [0.25, 0.3) is 5.91 Å². The average Bonchev–Trinajstić information content (AvgIpc) is 2.65. The van der Waals surface area contributed by atoms with Crippen LogP contribution >= 0.6 is 11.8 Å². The van der Waals surface area contributed by atoms with Gasteiger partial charge < -0.3 is 14.6 Å². The highest BCUT2D eigenvalue weighted by Crippen LogP contribution is 2.24. The van der Waals surface area contributed by atoms with Gasteiger partial charge in [-0.2, -0.15) is 0 Å². The molecule has 1 unspecified atom stereocenters. The Hall–Kier alpha value is -2.57. The monoisotopic (exact) mass is 397 g/mol. The van der Waals surface area contributed by atoms with Crippen LogP contribution in [-0.4, -0.2) is 25.8 Å². The Morgan fingerprint density at radius 3 is 2.68 bits per heavy atom.